The Labute approximate surface area is 143 Å². The number of benzene rings is 2. The molecule has 2 N–H and O–H groups in total. The molecule has 3 atom stereocenters. The third-order valence-corrected chi connectivity index (χ3v) is 5.37. The number of anilines is 1. The number of hydrogen-bond acceptors (Lipinski definition) is 3. The van der Waals surface area contributed by atoms with Gasteiger partial charge in [-0.05, 0) is 55.0 Å². The second kappa shape index (κ2) is 5.59. The van der Waals surface area contributed by atoms with Crippen LogP contribution in [-0.4, -0.2) is 12.2 Å². The summed E-state index contributed by atoms with van der Waals surface area (Å²) >= 11 is 0. The molecule has 1 aliphatic heterocycles. The van der Waals surface area contributed by atoms with Crippen LogP contribution in [0.4, 0.5) is 5.69 Å². The first-order valence-electron chi connectivity index (χ1n) is 8.49. The fourth-order valence-corrected chi connectivity index (χ4v) is 4.30. The van der Waals surface area contributed by atoms with Crippen molar-refractivity contribution in [1.82, 2.24) is 0 Å². The Kier molecular flexibility index (Phi) is 3.52. The molecule has 4 rings (SSSR count). The van der Waals surface area contributed by atoms with Crippen LogP contribution in [-0.2, 0) is 0 Å². The first-order valence-corrected chi connectivity index (χ1v) is 8.49. The van der Waals surface area contributed by atoms with Gasteiger partial charge in [0.15, 0.2) is 11.5 Å². The van der Waals surface area contributed by atoms with E-state index in [2.05, 4.69) is 49.5 Å². The van der Waals surface area contributed by atoms with Crippen LogP contribution in [0.15, 0.2) is 42.5 Å². The van der Waals surface area contributed by atoms with Crippen LogP contribution >= 0.6 is 0 Å². The molecule has 24 heavy (non-hydrogen) atoms. The molecule has 124 valence electrons. The molecular weight excluding hydrogens is 298 g/mol. The summed E-state index contributed by atoms with van der Waals surface area (Å²) in [6.07, 6.45) is 5.70. The SMILES string of the molecule is COc1ccc(C2Nc3c(C)cc(C)cc3C3C=CCC32)cc1O. The van der Waals surface area contributed by atoms with Crippen molar-refractivity contribution in [2.45, 2.75) is 32.2 Å². The average molecular weight is 321 g/mol. The van der Waals surface area contributed by atoms with E-state index in [0.717, 1.165) is 12.0 Å². The van der Waals surface area contributed by atoms with E-state index in [1.54, 1.807) is 7.11 Å². The smallest absolute Gasteiger partial charge is 0.160 e. The molecule has 0 amide bonds. The molecule has 0 fully saturated rings. The molecule has 2 aromatic rings. The number of allylic oxidation sites excluding steroid dienone is 2. The average Bonchev–Trinajstić information content (AvgIpc) is 3.04. The molecule has 0 radical (unpaired) electrons. The maximum atomic E-state index is 10.2. The molecule has 1 aliphatic carbocycles. The molecule has 0 spiro atoms. The lowest BCUT2D eigenvalue weighted by atomic mass is 9.76. The second-order valence-electron chi connectivity index (χ2n) is 6.95. The van der Waals surface area contributed by atoms with Gasteiger partial charge >= 0.3 is 0 Å². The number of fused-ring (bicyclic) bond motifs is 3. The van der Waals surface area contributed by atoms with E-state index in [1.165, 1.54) is 22.4 Å². The highest BCUT2D eigenvalue weighted by atomic mass is 16.5. The Morgan fingerprint density at radius 3 is 2.75 bits per heavy atom. The number of aromatic hydroxyl groups is 1. The summed E-state index contributed by atoms with van der Waals surface area (Å²) in [6, 6.07) is 10.5. The van der Waals surface area contributed by atoms with Crippen molar-refractivity contribution in [3.05, 3.63) is 64.7 Å². The normalized spacial score (nSPS) is 24.2. The fraction of sp³-hybridized carbons (Fsp3) is 0.333. The summed E-state index contributed by atoms with van der Waals surface area (Å²) in [6.45, 7) is 4.33. The minimum absolute atomic E-state index is 0.190. The number of phenols is 1. The summed E-state index contributed by atoms with van der Waals surface area (Å²) in [5.74, 6) is 1.63. The lowest BCUT2D eigenvalue weighted by Gasteiger charge is -2.38. The third kappa shape index (κ3) is 2.27. The molecule has 0 saturated carbocycles. The summed E-state index contributed by atoms with van der Waals surface area (Å²) in [4.78, 5) is 0. The highest BCUT2D eigenvalue weighted by Gasteiger charge is 2.38. The maximum absolute atomic E-state index is 10.2. The largest absolute Gasteiger partial charge is 0.504 e. The van der Waals surface area contributed by atoms with E-state index < -0.39 is 0 Å². The van der Waals surface area contributed by atoms with E-state index in [4.69, 9.17) is 4.74 Å². The van der Waals surface area contributed by atoms with Gasteiger partial charge in [0.25, 0.3) is 0 Å². The zero-order chi connectivity index (χ0) is 16.8. The van der Waals surface area contributed by atoms with Crippen LogP contribution in [0.2, 0.25) is 0 Å². The zero-order valence-electron chi connectivity index (χ0n) is 14.3. The summed E-state index contributed by atoms with van der Waals surface area (Å²) < 4.78 is 5.18. The Morgan fingerprint density at radius 1 is 1.17 bits per heavy atom. The summed E-state index contributed by atoms with van der Waals surface area (Å²) in [5, 5.41) is 13.9. The van der Waals surface area contributed by atoms with Gasteiger partial charge in [0.1, 0.15) is 0 Å². The number of aryl methyl sites for hydroxylation is 2. The highest BCUT2D eigenvalue weighted by molar-refractivity contribution is 5.65. The van der Waals surface area contributed by atoms with E-state index in [0.29, 0.717) is 17.6 Å². The van der Waals surface area contributed by atoms with Crippen molar-refractivity contribution >= 4 is 5.69 Å². The Morgan fingerprint density at radius 2 is 2.00 bits per heavy atom. The van der Waals surface area contributed by atoms with Crippen molar-refractivity contribution in [2.75, 3.05) is 12.4 Å². The molecule has 0 bridgehead atoms. The van der Waals surface area contributed by atoms with Gasteiger partial charge in [0.05, 0.1) is 13.2 Å². The van der Waals surface area contributed by atoms with Crippen LogP contribution in [0.25, 0.3) is 0 Å². The molecule has 0 saturated heterocycles. The van der Waals surface area contributed by atoms with E-state index >= 15 is 0 Å². The Balaban J connectivity index is 1.80. The van der Waals surface area contributed by atoms with Gasteiger partial charge in [-0.3, -0.25) is 0 Å². The molecule has 3 heteroatoms. The number of rotatable bonds is 2. The maximum Gasteiger partial charge on any atom is 0.160 e. The monoisotopic (exact) mass is 321 g/mol. The van der Waals surface area contributed by atoms with E-state index in [9.17, 15) is 5.11 Å². The minimum Gasteiger partial charge on any atom is -0.504 e. The van der Waals surface area contributed by atoms with Crippen molar-refractivity contribution in [2.24, 2.45) is 5.92 Å². The first kappa shape index (κ1) is 15.1. The lowest BCUT2D eigenvalue weighted by Crippen LogP contribution is -2.29. The Bertz CT molecular complexity index is 825. The molecule has 1 heterocycles. The minimum atomic E-state index is 0.190. The van der Waals surface area contributed by atoms with Gasteiger partial charge in [-0.25, -0.2) is 0 Å². The highest BCUT2D eigenvalue weighted by Crippen LogP contribution is 2.51. The van der Waals surface area contributed by atoms with Gasteiger partial charge in [0, 0.05) is 11.6 Å². The molecule has 2 aromatic carbocycles. The van der Waals surface area contributed by atoms with E-state index in [-0.39, 0.29) is 11.8 Å². The zero-order valence-corrected chi connectivity index (χ0v) is 14.3. The van der Waals surface area contributed by atoms with Crippen LogP contribution in [0.1, 0.15) is 40.6 Å². The molecule has 3 unspecified atom stereocenters. The fourth-order valence-electron chi connectivity index (χ4n) is 4.30. The number of phenolic OH excluding ortho intramolecular Hbond substituents is 1. The standard InChI is InChI=1S/C21H23NO2/c1-12-9-13(2)20-17(10-12)15-5-4-6-16(15)21(22-20)14-7-8-19(24-3)18(23)11-14/h4-5,7-11,15-16,21-23H,6H2,1-3H3. The van der Waals surface area contributed by atoms with E-state index in [1.807, 2.05) is 12.1 Å². The van der Waals surface area contributed by atoms with Crippen molar-refractivity contribution in [1.29, 1.82) is 0 Å². The number of methoxy groups -OCH3 is 1. The van der Waals surface area contributed by atoms with Gasteiger partial charge in [-0.2, -0.15) is 0 Å². The number of ether oxygens (including phenoxy) is 1. The van der Waals surface area contributed by atoms with Crippen LogP contribution in [0.5, 0.6) is 11.5 Å². The molecule has 2 aliphatic rings. The predicted molar refractivity (Wildman–Crippen MR) is 96.9 cm³/mol. The number of hydrogen-bond donors (Lipinski definition) is 2. The summed E-state index contributed by atoms with van der Waals surface area (Å²) in [7, 11) is 1.58. The van der Waals surface area contributed by atoms with Crippen LogP contribution < -0.4 is 10.1 Å². The third-order valence-electron chi connectivity index (χ3n) is 5.37. The van der Waals surface area contributed by atoms with Crippen molar-refractivity contribution < 1.29 is 9.84 Å². The predicted octanol–water partition coefficient (Wildman–Crippen LogP) is 4.84. The van der Waals surface area contributed by atoms with Gasteiger partial charge < -0.3 is 15.2 Å². The van der Waals surface area contributed by atoms with Crippen molar-refractivity contribution in [3.8, 4) is 11.5 Å². The van der Waals surface area contributed by atoms with Crippen LogP contribution in [0, 0.1) is 19.8 Å². The quantitative estimate of drug-likeness (QED) is 0.777. The summed E-state index contributed by atoms with van der Waals surface area (Å²) in [5.41, 5.74) is 6.35. The molecule has 3 nitrogen and oxygen atoms in total. The van der Waals surface area contributed by atoms with Crippen LogP contribution in [0.3, 0.4) is 0 Å². The number of nitrogens with one attached hydrogen (secondary N) is 1. The first-order chi connectivity index (χ1) is 11.6. The van der Waals surface area contributed by atoms with Crippen molar-refractivity contribution in [3.63, 3.8) is 0 Å². The molecule has 0 aromatic heterocycles. The Hall–Kier alpha value is -2.42. The topological polar surface area (TPSA) is 41.5 Å². The lowest BCUT2D eigenvalue weighted by molar-refractivity contribution is 0.371. The van der Waals surface area contributed by atoms with Gasteiger partial charge in [0.2, 0.25) is 0 Å². The van der Waals surface area contributed by atoms with Gasteiger partial charge in [-0.15, -0.1) is 0 Å². The second-order valence-corrected chi connectivity index (χ2v) is 6.95. The van der Waals surface area contributed by atoms with Gasteiger partial charge in [-0.1, -0.05) is 35.9 Å². The molecular formula is C21H23NO2.